The maximum atomic E-state index is 13.8. The molecular formula is C13H17F2NO. The monoisotopic (exact) mass is 241 g/mol. The Morgan fingerprint density at radius 2 is 2.24 bits per heavy atom. The van der Waals surface area contributed by atoms with E-state index in [0.717, 1.165) is 31.9 Å². The van der Waals surface area contributed by atoms with E-state index in [1.807, 2.05) is 0 Å². The molecular weight excluding hydrogens is 224 g/mol. The van der Waals surface area contributed by atoms with Crippen LogP contribution in [0.4, 0.5) is 8.78 Å². The van der Waals surface area contributed by atoms with Gasteiger partial charge in [-0.25, -0.2) is 8.78 Å². The average Bonchev–Trinajstić information content (AvgIpc) is 2.48. The first-order valence-electron chi connectivity index (χ1n) is 6.07. The van der Waals surface area contributed by atoms with E-state index in [9.17, 15) is 8.78 Å². The molecule has 1 atom stereocenters. The third kappa shape index (κ3) is 2.75. The van der Waals surface area contributed by atoms with E-state index in [0.29, 0.717) is 17.9 Å². The van der Waals surface area contributed by atoms with Gasteiger partial charge in [-0.1, -0.05) is 6.92 Å². The van der Waals surface area contributed by atoms with Crippen molar-refractivity contribution in [2.24, 2.45) is 0 Å². The van der Waals surface area contributed by atoms with Gasteiger partial charge in [-0.15, -0.1) is 0 Å². The molecule has 2 nitrogen and oxygen atoms in total. The zero-order chi connectivity index (χ0) is 12.3. The molecule has 94 valence electrons. The van der Waals surface area contributed by atoms with Gasteiger partial charge in [0.05, 0.1) is 6.61 Å². The molecule has 0 saturated heterocycles. The highest BCUT2D eigenvalue weighted by molar-refractivity contribution is 5.38. The first kappa shape index (κ1) is 12.3. The summed E-state index contributed by atoms with van der Waals surface area (Å²) in [5.74, 6) is -0.763. The molecule has 4 heteroatoms. The van der Waals surface area contributed by atoms with Crippen molar-refractivity contribution in [3.63, 3.8) is 0 Å². The summed E-state index contributed by atoms with van der Waals surface area (Å²) in [6.07, 6.45) is 2.64. The molecule has 1 unspecified atom stereocenters. The van der Waals surface area contributed by atoms with Gasteiger partial charge in [0, 0.05) is 23.7 Å². The summed E-state index contributed by atoms with van der Waals surface area (Å²) >= 11 is 0. The van der Waals surface area contributed by atoms with E-state index in [4.69, 9.17) is 4.74 Å². The Balaban J connectivity index is 2.33. The molecule has 1 aliphatic rings. The topological polar surface area (TPSA) is 21.3 Å². The van der Waals surface area contributed by atoms with Gasteiger partial charge in [-0.2, -0.15) is 0 Å². The average molecular weight is 241 g/mol. The first-order valence-corrected chi connectivity index (χ1v) is 6.07. The quantitative estimate of drug-likeness (QED) is 0.877. The summed E-state index contributed by atoms with van der Waals surface area (Å²) in [5.41, 5.74) is 0.470. The van der Waals surface area contributed by atoms with Gasteiger partial charge in [0.15, 0.2) is 0 Å². The number of hydrogen-bond acceptors (Lipinski definition) is 2. The first-order chi connectivity index (χ1) is 8.22. The fourth-order valence-electron chi connectivity index (χ4n) is 2.16. The van der Waals surface area contributed by atoms with Crippen molar-refractivity contribution in [1.82, 2.24) is 5.32 Å². The van der Waals surface area contributed by atoms with Crippen molar-refractivity contribution < 1.29 is 13.5 Å². The van der Waals surface area contributed by atoms with Gasteiger partial charge in [-0.05, 0) is 25.8 Å². The van der Waals surface area contributed by atoms with Crippen LogP contribution in [0.2, 0.25) is 0 Å². The van der Waals surface area contributed by atoms with Gasteiger partial charge >= 0.3 is 0 Å². The second-order valence-electron chi connectivity index (χ2n) is 4.30. The van der Waals surface area contributed by atoms with E-state index in [2.05, 4.69) is 12.2 Å². The highest BCUT2D eigenvalue weighted by Gasteiger charge is 2.23. The second kappa shape index (κ2) is 5.45. The zero-order valence-corrected chi connectivity index (χ0v) is 9.93. The minimum atomic E-state index is -0.586. The third-order valence-electron chi connectivity index (χ3n) is 2.94. The van der Waals surface area contributed by atoms with Crippen LogP contribution in [-0.2, 0) is 0 Å². The molecule has 1 aliphatic heterocycles. The Bertz CT molecular complexity index is 395. The van der Waals surface area contributed by atoms with Gasteiger partial charge in [0.1, 0.15) is 17.4 Å². The van der Waals surface area contributed by atoms with Crippen molar-refractivity contribution in [3.8, 4) is 5.75 Å². The fourth-order valence-corrected chi connectivity index (χ4v) is 2.16. The highest BCUT2D eigenvalue weighted by atomic mass is 19.1. The fraction of sp³-hybridized carbons (Fsp3) is 0.538. The molecule has 1 aromatic carbocycles. The number of nitrogens with one attached hydrogen (secondary N) is 1. The van der Waals surface area contributed by atoms with Gasteiger partial charge in [-0.3, -0.25) is 0 Å². The predicted molar refractivity (Wildman–Crippen MR) is 62.1 cm³/mol. The molecule has 1 heterocycles. The maximum Gasteiger partial charge on any atom is 0.134 e. The molecule has 0 aliphatic carbocycles. The molecule has 0 radical (unpaired) electrons. The van der Waals surface area contributed by atoms with Crippen LogP contribution in [0.15, 0.2) is 12.1 Å². The summed E-state index contributed by atoms with van der Waals surface area (Å²) in [7, 11) is 0. The lowest BCUT2D eigenvalue weighted by molar-refractivity contribution is 0.313. The summed E-state index contributed by atoms with van der Waals surface area (Å²) in [6.45, 7) is 3.39. The number of hydrogen-bond donors (Lipinski definition) is 1. The van der Waals surface area contributed by atoms with E-state index in [-0.39, 0.29) is 6.04 Å². The lowest BCUT2D eigenvalue weighted by atomic mass is 10.0. The summed E-state index contributed by atoms with van der Waals surface area (Å²) in [5, 5.41) is 3.29. The Morgan fingerprint density at radius 3 is 3.00 bits per heavy atom. The number of ether oxygens (including phenoxy) is 1. The van der Waals surface area contributed by atoms with Crippen molar-refractivity contribution in [3.05, 3.63) is 29.3 Å². The van der Waals surface area contributed by atoms with Crippen LogP contribution in [0.25, 0.3) is 0 Å². The molecule has 2 rings (SSSR count). The molecule has 0 aromatic heterocycles. The minimum Gasteiger partial charge on any atom is -0.493 e. The lowest BCUT2D eigenvalue weighted by Gasteiger charge is -2.18. The molecule has 1 N–H and O–H groups in total. The van der Waals surface area contributed by atoms with Crippen LogP contribution in [0, 0.1) is 11.6 Å². The van der Waals surface area contributed by atoms with Crippen molar-refractivity contribution in [1.29, 1.82) is 0 Å². The standard InChI is InChI=1S/C13H17F2NO/c1-2-5-16-11-4-3-6-17-12-8-9(14)7-10(15)13(11)12/h7-8,11,16H,2-6H2,1H3. The van der Waals surface area contributed by atoms with Crippen molar-refractivity contribution in [2.45, 2.75) is 32.2 Å². The Kier molecular flexibility index (Phi) is 3.94. The number of halogens is 2. The van der Waals surface area contributed by atoms with E-state index in [1.54, 1.807) is 0 Å². The van der Waals surface area contributed by atoms with Gasteiger partial charge < -0.3 is 10.1 Å². The van der Waals surface area contributed by atoms with Crippen LogP contribution >= 0.6 is 0 Å². The number of rotatable bonds is 3. The molecule has 0 saturated carbocycles. The minimum absolute atomic E-state index is 0.0759. The normalized spacial score (nSPS) is 19.4. The number of benzene rings is 1. The molecule has 1 aromatic rings. The Labute approximate surface area is 100.0 Å². The van der Waals surface area contributed by atoms with Crippen molar-refractivity contribution in [2.75, 3.05) is 13.2 Å². The summed E-state index contributed by atoms with van der Waals surface area (Å²) < 4.78 is 32.4. The molecule has 0 bridgehead atoms. The molecule has 0 spiro atoms. The van der Waals surface area contributed by atoms with Gasteiger partial charge in [0.2, 0.25) is 0 Å². The van der Waals surface area contributed by atoms with Crippen LogP contribution in [0.3, 0.4) is 0 Å². The Morgan fingerprint density at radius 1 is 1.41 bits per heavy atom. The molecule has 0 amide bonds. The highest BCUT2D eigenvalue weighted by Crippen LogP contribution is 2.34. The van der Waals surface area contributed by atoms with E-state index >= 15 is 0 Å². The van der Waals surface area contributed by atoms with Crippen LogP contribution in [0.5, 0.6) is 5.75 Å². The van der Waals surface area contributed by atoms with Crippen LogP contribution in [-0.4, -0.2) is 13.2 Å². The molecule has 17 heavy (non-hydrogen) atoms. The SMILES string of the molecule is CCCNC1CCCOc2cc(F)cc(F)c21. The van der Waals surface area contributed by atoms with E-state index < -0.39 is 11.6 Å². The summed E-state index contributed by atoms with van der Waals surface area (Å²) in [4.78, 5) is 0. The third-order valence-corrected chi connectivity index (χ3v) is 2.94. The zero-order valence-electron chi connectivity index (χ0n) is 9.93. The Hall–Kier alpha value is -1.16. The van der Waals surface area contributed by atoms with Gasteiger partial charge in [0.25, 0.3) is 0 Å². The van der Waals surface area contributed by atoms with Crippen LogP contribution in [0.1, 0.15) is 37.8 Å². The predicted octanol–water partition coefficient (Wildman–Crippen LogP) is 3.18. The maximum absolute atomic E-state index is 13.8. The second-order valence-corrected chi connectivity index (χ2v) is 4.30. The lowest BCUT2D eigenvalue weighted by Crippen LogP contribution is -2.22. The number of fused-ring (bicyclic) bond motifs is 1. The van der Waals surface area contributed by atoms with E-state index in [1.165, 1.54) is 6.07 Å². The molecule has 0 fully saturated rings. The van der Waals surface area contributed by atoms with Crippen LogP contribution < -0.4 is 10.1 Å². The smallest absolute Gasteiger partial charge is 0.134 e. The van der Waals surface area contributed by atoms with Crippen molar-refractivity contribution >= 4 is 0 Å². The largest absolute Gasteiger partial charge is 0.493 e. The summed E-state index contributed by atoms with van der Waals surface area (Å²) in [6, 6.07) is 2.12.